The SMILES string of the molecule is NCCC(=O)Nc1ccc2c(c1)S(=O)c1ccccc1-2. The van der Waals surface area contributed by atoms with Gasteiger partial charge in [0.2, 0.25) is 5.91 Å². The van der Waals surface area contributed by atoms with Crippen molar-refractivity contribution >= 4 is 22.4 Å². The molecule has 102 valence electrons. The molecule has 0 radical (unpaired) electrons. The number of amides is 1. The zero-order valence-electron chi connectivity index (χ0n) is 10.8. The van der Waals surface area contributed by atoms with Crippen molar-refractivity contribution in [1.29, 1.82) is 0 Å². The van der Waals surface area contributed by atoms with Gasteiger partial charge in [-0.25, -0.2) is 4.21 Å². The Bertz CT molecular complexity index is 713. The van der Waals surface area contributed by atoms with E-state index < -0.39 is 10.8 Å². The number of carbonyl (C=O) groups is 1. The molecule has 5 heteroatoms. The lowest BCUT2D eigenvalue weighted by Gasteiger charge is -2.06. The molecular weight excluding hydrogens is 272 g/mol. The van der Waals surface area contributed by atoms with Gasteiger partial charge in [0.25, 0.3) is 0 Å². The monoisotopic (exact) mass is 286 g/mol. The zero-order valence-corrected chi connectivity index (χ0v) is 11.6. The van der Waals surface area contributed by atoms with E-state index >= 15 is 0 Å². The van der Waals surface area contributed by atoms with Gasteiger partial charge in [0, 0.05) is 18.7 Å². The smallest absolute Gasteiger partial charge is 0.225 e. The van der Waals surface area contributed by atoms with Crippen LogP contribution in [0.1, 0.15) is 6.42 Å². The third kappa shape index (κ3) is 2.15. The van der Waals surface area contributed by atoms with Gasteiger partial charge in [-0.05, 0) is 29.3 Å². The van der Waals surface area contributed by atoms with Crippen LogP contribution in [0.2, 0.25) is 0 Å². The van der Waals surface area contributed by atoms with E-state index in [9.17, 15) is 9.00 Å². The standard InChI is InChI=1S/C15H14N2O2S/c16-8-7-15(18)17-10-5-6-12-11-3-1-2-4-13(11)20(19)14(12)9-10/h1-6,9H,7-8,16H2,(H,17,18). The van der Waals surface area contributed by atoms with Gasteiger partial charge < -0.3 is 11.1 Å². The molecule has 2 aromatic rings. The summed E-state index contributed by atoms with van der Waals surface area (Å²) in [5.41, 5.74) is 7.97. The van der Waals surface area contributed by atoms with Crippen molar-refractivity contribution in [1.82, 2.24) is 0 Å². The summed E-state index contributed by atoms with van der Waals surface area (Å²) < 4.78 is 12.4. The van der Waals surface area contributed by atoms with Crippen LogP contribution < -0.4 is 11.1 Å². The molecule has 0 bridgehead atoms. The number of benzene rings is 2. The molecule has 1 aliphatic heterocycles. The highest BCUT2D eigenvalue weighted by molar-refractivity contribution is 7.85. The highest BCUT2D eigenvalue weighted by atomic mass is 32.2. The average molecular weight is 286 g/mol. The van der Waals surface area contributed by atoms with Gasteiger partial charge in [-0.1, -0.05) is 24.3 Å². The fourth-order valence-corrected chi connectivity index (χ4v) is 3.73. The number of hydrogen-bond donors (Lipinski definition) is 2. The molecule has 3 N–H and O–H groups in total. The lowest BCUT2D eigenvalue weighted by molar-refractivity contribution is -0.116. The third-order valence-electron chi connectivity index (χ3n) is 3.21. The lowest BCUT2D eigenvalue weighted by atomic mass is 10.1. The molecular formula is C15H14N2O2S. The molecule has 1 amide bonds. The van der Waals surface area contributed by atoms with Crippen LogP contribution in [0.5, 0.6) is 0 Å². The van der Waals surface area contributed by atoms with Crippen molar-refractivity contribution in [2.45, 2.75) is 16.2 Å². The first-order chi connectivity index (χ1) is 9.70. The molecule has 1 heterocycles. The molecule has 0 saturated carbocycles. The molecule has 0 fully saturated rings. The number of anilines is 1. The minimum atomic E-state index is -1.18. The van der Waals surface area contributed by atoms with Crippen LogP contribution >= 0.6 is 0 Å². The Balaban J connectivity index is 1.96. The maximum absolute atomic E-state index is 12.4. The summed E-state index contributed by atoms with van der Waals surface area (Å²) in [4.78, 5) is 13.1. The Hall–Kier alpha value is -1.98. The van der Waals surface area contributed by atoms with Crippen molar-refractivity contribution in [3.8, 4) is 11.1 Å². The van der Waals surface area contributed by atoms with Crippen LogP contribution in [0.3, 0.4) is 0 Å². The van der Waals surface area contributed by atoms with E-state index in [1.54, 1.807) is 6.07 Å². The number of nitrogens with one attached hydrogen (secondary N) is 1. The molecule has 0 aromatic heterocycles. The highest BCUT2D eigenvalue weighted by Crippen LogP contribution is 2.41. The molecule has 0 saturated heterocycles. The third-order valence-corrected chi connectivity index (χ3v) is 4.71. The van der Waals surface area contributed by atoms with Crippen molar-refractivity contribution in [3.05, 3.63) is 42.5 Å². The van der Waals surface area contributed by atoms with Gasteiger partial charge in [-0.3, -0.25) is 4.79 Å². The maximum Gasteiger partial charge on any atom is 0.225 e. The van der Waals surface area contributed by atoms with Crippen LogP contribution in [0.15, 0.2) is 52.3 Å². The number of carbonyl (C=O) groups excluding carboxylic acids is 1. The first-order valence-electron chi connectivity index (χ1n) is 6.36. The predicted octanol–water partition coefficient (Wildman–Crippen LogP) is 2.12. The Morgan fingerprint density at radius 2 is 1.85 bits per heavy atom. The second kappa shape index (κ2) is 5.19. The van der Waals surface area contributed by atoms with E-state index in [1.807, 2.05) is 36.4 Å². The summed E-state index contributed by atoms with van der Waals surface area (Å²) in [5, 5.41) is 2.77. The van der Waals surface area contributed by atoms with Gasteiger partial charge in [0.15, 0.2) is 0 Å². The molecule has 0 spiro atoms. The van der Waals surface area contributed by atoms with Gasteiger partial charge in [0.1, 0.15) is 0 Å². The van der Waals surface area contributed by atoms with Crippen LogP contribution in [0, 0.1) is 0 Å². The van der Waals surface area contributed by atoms with E-state index in [4.69, 9.17) is 5.73 Å². The first kappa shape index (κ1) is 13.0. The molecule has 4 nitrogen and oxygen atoms in total. The molecule has 1 aliphatic rings. The van der Waals surface area contributed by atoms with Crippen molar-refractivity contribution in [2.24, 2.45) is 5.73 Å². The summed E-state index contributed by atoms with van der Waals surface area (Å²) in [6.07, 6.45) is 0.278. The van der Waals surface area contributed by atoms with Gasteiger partial charge in [-0.2, -0.15) is 0 Å². The van der Waals surface area contributed by atoms with Crippen LogP contribution in [0.25, 0.3) is 11.1 Å². The van der Waals surface area contributed by atoms with Crippen LogP contribution in [-0.2, 0) is 15.6 Å². The summed E-state index contributed by atoms with van der Waals surface area (Å²) in [7, 11) is -1.18. The number of hydrogen-bond acceptors (Lipinski definition) is 3. The topological polar surface area (TPSA) is 72.2 Å². The molecule has 0 aliphatic carbocycles. The van der Waals surface area contributed by atoms with Gasteiger partial charge in [-0.15, -0.1) is 0 Å². The molecule has 1 unspecified atom stereocenters. The van der Waals surface area contributed by atoms with Crippen molar-refractivity contribution in [2.75, 3.05) is 11.9 Å². The number of rotatable bonds is 3. The minimum Gasteiger partial charge on any atom is -0.330 e. The van der Waals surface area contributed by atoms with E-state index in [2.05, 4.69) is 5.32 Å². The molecule has 3 rings (SSSR count). The summed E-state index contributed by atoms with van der Waals surface area (Å²) in [6, 6.07) is 13.2. The highest BCUT2D eigenvalue weighted by Gasteiger charge is 2.25. The summed E-state index contributed by atoms with van der Waals surface area (Å²) >= 11 is 0. The Morgan fingerprint density at radius 1 is 1.10 bits per heavy atom. The van der Waals surface area contributed by atoms with Crippen LogP contribution in [0.4, 0.5) is 5.69 Å². The zero-order chi connectivity index (χ0) is 14.1. The lowest BCUT2D eigenvalue weighted by Crippen LogP contribution is -2.16. The quantitative estimate of drug-likeness (QED) is 0.774. The largest absolute Gasteiger partial charge is 0.330 e. The normalized spacial score (nSPS) is 15.6. The number of nitrogens with two attached hydrogens (primary N) is 1. The van der Waals surface area contributed by atoms with E-state index in [0.29, 0.717) is 12.2 Å². The van der Waals surface area contributed by atoms with E-state index in [1.165, 1.54) is 0 Å². The average Bonchev–Trinajstić information content (AvgIpc) is 2.73. The second-order valence-corrected chi connectivity index (χ2v) is 5.98. The Kier molecular flexibility index (Phi) is 3.38. The van der Waals surface area contributed by atoms with Gasteiger partial charge in [0.05, 0.1) is 20.6 Å². The Morgan fingerprint density at radius 3 is 2.65 bits per heavy atom. The van der Waals surface area contributed by atoms with E-state index in [0.717, 1.165) is 20.9 Å². The molecule has 1 atom stereocenters. The molecule has 20 heavy (non-hydrogen) atoms. The van der Waals surface area contributed by atoms with E-state index in [-0.39, 0.29) is 12.3 Å². The van der Waals surface area contributed by atoms with Crippen molar-refractivity contribution in [3.63, 3.8) is 0 Å². The second-order valence-electron chi connectivity index (χ2n) is 4.56. The predicted molar refractivity (Wildman–Crippen MR) is 78.9 cm³/mol. The van der Waals surface area contributed by atoms with Crippen molar-refractivity contribution < 1.29 is 9.00 Å². The fraction of sp³-hybridized carbons (Fsp3) is 0.133. The fourth-order valence-electron chi connectivity index (χ4n) is 2.30. The first-order valence-corrected chi connectivity index (χ1v) is 7.51. The molecule has 2 aromatic carbocycles. The Labute approximate surface area is 119 Å². The van der Waals surface area contributed by atoms with Gasteiger partial charge >= 0.3 is 0 Å². The summed E-state index contributed by atoms with van der Waals surface area (Å²) in [5.74, 6) is -0.131. The maximum atomic E-state index is 12.4. The minimum absolute atomic E-state index is 0.131. The summed E-state index contributed by atoms with van der Waals surface area (Å²) in [6.45, 7) is 0.314. The van der Waals surface area contributed by atoms with Crippen LogP contribution in [-0.4, -0.2) is 16.7 Å². The number of fused-ring (bicyclic) bond motifs is 3.